The van der Waals surface area contributed by atoms with Crippen LogP contribution in [0.1, 0.15) is 15.9 Å². The molecule has 0 atom stereocenters. The summed E-state index contributed by atoms with van der Waals surface area (Å²) in [6.45, 7) is 0.814. The van der Waals surface area contributed by atoms with Crippen LogP contribution in [-0.2, 0) is 4.79 Å². The highest BCUT2D eigenvalue weighted by atomic mass is 32.2. The van der Waals surface area contributed by atoms with Crippen molar-refractivity contribution in [3.63, 3.8) is 0 Å². The molecule has 154 valence electrons. The van der Waals surface area contributed by atoms with Crippen LogP contribution in [-0.4, -0.2) is 48.9 Å². The van der Waals surface area contributed by atoms with Crippen molar-refractivity contribution >= 4 is 34.9 Å². The number of methoxy groups -OCH3 is 1. The van der Waals surface area contributed by atoms with E-state index in [0.717, 1.165) is 17.3 Å². The Morgan fingerprint density at radius 2 is 1.90 bits per heavy atom. The number of carbonyl (C=O) groups is 3. The van der Waals surface area contributed by atoms with E-state index in [-0.39, 0.29) is 17.9 Å². The molecule has 2 heterocycles. The lowest BCUT2D eigenvalue weighted by atomic mass is 10.1. The number of nitrogens with zero attached hydrogens (tertiary/aromatic N) is 1. The SMILES string of the molecule is COc1ccc2c(c1)C(=O)N(CCOc1ccc(/C=C3\SC(=O)NC3=O)cc1)CO2. The number of hydrogen-bond acceptors (Lipinski definition) is 7. The summed E-state index contributed by atoms with van der Waals surface area (Å²) in [7, 11) is 1.55. The van der Waals surface area contributed by atoms with Crippen LogP contribution in [0, 0.1) is 0 Å². The van der Waals surface area contributed by atoms with Crippen molar-refractivity contribution in [2.45, 2.75) is 0 Å². The van der Waals surface area contributed by atoms with Gasteiger partial charge in [-0.2, -0.15) is 0 Å². The summed E-state index contributed by atoms with van der Waals surface area (Å²) in [5.41, 5.74) is 1.24. The molecule has 0 unspecified atom stereocenters. The van der Waals surface area contributed by atoms with Gasteiger partial charge in [-0.05, 0) is 53.7 Å². The lowest BCUT2D eigenvalue weighted by molar-refractivity contribution is -0.115. The van der Waals surface area contributed by atoms with Crippen LogP contribution in [0.4, 0.5) is 4.79 Å². The molecule has 1 saturated heterocycles. The molecule has 2 aromatic carbocycles. The van der Waals surface area contributed by atoms with Gasteiger partial charge in [0.15, 0.2) is 6.73 Å². The van der Waals surface area contributed by atoms with Gasteiger partial charge in [-0.15, -0.1) is 0 Å². The molecular formula is C21H18N2O6S. The summed E-state index contributed by atoms with van der Waals surface area (Å²) in [5, 5.41) is 1.84. The number of imide groups is 1. The molecule has 2 aliphatic rings. The van der Waals surface area contributed by atoms with Gasteiger partial charge in [-0.1, -0.05) is 12.1 Å². The van der Waals surface area contributed by atoms with Crippen LogP contribution in [0.5, 0.6) is 17.2 Å². The van der Waals surface area contributed by atoms with Crippen LogP contribution in [0.25, 0.3) is 6.08 Å². The Hall–Kier alpha value is -3.46. The monoisotopic (exact) mass is 426 g/mol. The molecule has 4 rings (SSSR count). The summed E-state index contributed by atoms with van der Waals surface area (Å²) in [4.78, 5) is 37.4. The molecule has 8 nitrogen and oxygen atoms in total. The lowest BCUT2D eigenvalue weighted by Gasteiger charge is -2.28. The first-order chi connectivity index (χ1) is 14.5. The maximum Gasteiger partial charge on any atom is 0.290 e. The number of amides is 3. The number of nitrogens with one attached hydrogen (secondary N) is 1. The lowest BCUT2D eigenvalue weighted by Crippen LogP contribution is -2.41. The Kier molecular flexibility index (Phi) is 5.62. The molecule has 0 aromatic heterocycles. The average molecular weight is 426 g/mol. The maximum absolute atomic E-state index is 12.7. The molecule has 3 amide bonds. The Bertz CT molecular complexity index is 1030. The Morgan fingerprint density at radius 3 is 2.60 bits per heavy atom. The first-order valence-corrected chi connectivity index (χ1v) is 9.93. The Morgan fingerprint density at radius 1 is 1.13 bits per heavy atom. The van der Waals surface area contributed by atoms with E-state index in [1.165, 1.54) is 0 Å². The summed E-state index contributed by atoms with van der Waals surface area (Å²) in [6, 6.07) is 12.2. The molecule has 2 aromatic rings. The predicted molar refractivity (Wildman–Crippen MR) is 111 cm³/mol. The van der Waals surface area contributed by atoms with E-state index >= 15 is 0 Å². The van der Waals surface area contributed by atoms with E-state index in [9.17, 15) is 14.4 Å². The zero-order valence-corrected chi connectivity index (χ0v) is 16.9. The molecular weight excluding hydrogens is 408 g/mol. The summed E-state index contributed by atoms with van der Waals surface area (Å²) in [5.74, 6) is 1.24. The smallest absolute Gasteiger partial charge is 0.290 e. The van der Waals surface area contributed by atoms with Gasteiger partial charge in [-0.3, -0.25) is 19.7 Å². The Balaban J connectivity index is 1.32. The zero-order valence-electron chi connectivity index (χ0n) is 16.0. The average Bonchev–Trinajstić information content (AvgIpc) is 3.07. The number of benzene rings is 2. The van der Waals surface area contributed by atoms with Gasteiger partial charge in [0.05, 0.1) is 24.1 Å². The van der Waals surface area contributed by atoms with E-state index in [2.05, 4.69) is 5.32 Å². The quantitative estimate of drug-likeness (QED) is 0.710. The normalized spacial score (nSPS) is 16.9. The molecule has 0 radical (unpaired) electrons. The van der Waals surface area contributed by atoms with E-state index in [0.29, 0.717) is 40.9 Å². The molecule has 9 heteroatoms. The van der Waals surface area contributed by atoms with Crippen LogP contribution in [0.15, 0.2) is 47.4 Å². The number of fused-ring (bicyclic) bond motifs is 1. The van der Waals surface area contributed by atoms with Crippen molar-refractivity contribution in [1.82, 2.24) is 10.2 Å². The van der Waals surface area contributed by atoms with Gasteiger partial charge < -0.3 is 19.1 Å². The third kappa shape index (κ3) is 4.25. The second-order valence-corrected chi connectivity index (χ2v) is 7.49. The molecule has 0 bridgehead atoms. The Labute approximate surface area is 176 Å². The van der Waals surface area contributed by atoms with Gasteiger partial charge in [-0.25, -0.2) is 0 Å². The van der Waals surface area contributed by atoms with E-state index < -0.39 is 5.91 Å². The first-order valence-electron chi connectivity index (χ1n) is 9.11. The highest BCUT2D eigenvalue weighted by Gasteiger charge is 2.26. The van der Waals surface area contributed by atoms with Crippen molar-refractivity contribution in [1.29, 1.82) is 0 Å². The van der Waals surface area contributed by atoms with Gasteiger partial charge >= 0.3 is 0 Å². The topological polar surface area (TPSA) is 94.2 Å². The minimum Gasteiger partial charge on any atom is -0.497 e. The number of rotatable bonds is 6. The summed E-state index contributed by atoms with van der Waals surface area (Å²) < 4.78 is 16.5. The molecule has 0 spiro atoms. The summed E-state index contributed by atoms with van der Waals surface area (Å²) in [6.07, 6.45) is 1.64. The second-order valence-electron chi connectivity index (χ2n) is 6.47. The van der Waals surface area contributed by atoms with E-state index in [4.69, 9.17) is 14.2 Å². The fraction of sp³-hybridized carbons (Fsp3) is 0.190. The maximum atomic E-state index is 12.7. The standard InChI is InChI=1S/C21H18N2O6S/c1-27-15-6-7-17-16(11-15)20(25)23(12-29-17)8-9-28-14-4-2-13(3-5-14)10-18-19(24)22-21(26)30-18/h2-7,10-11H,8-9,12H2,1H3,(H,22,24,26)/b18-10-. The molecule has 1 N–H and O–H groups in total. The summed E-state index contributed by atoms with van der Waals surface area (Å²) >= 11 is 0.873. The van der Waals surface area contributed by atoms with Crippen molar-refractivity contribution in [2.75, 3.05) is 27.0 Å². The van der Waals surface area contributed by atoms with Gasteiger partial charge in [0, 0.05) is 0 Å². The molecule has 30 heavy (non-hydrogen) atoms. The van der Waals surface area contributed by atoms with Crippen molar-refractivity contribution in [3.05, 3.63) is 58.5 Å². The van der Waals surface area contributed by atoms with Crippen molar-refractivity contribution in [3.8, 4) is 17.2 Å². The van der Waals surface area contributed by atoms with E-state index in [1.807, 2.05) is 0 Å². The second kappa shape index (κ2) is 8.50. The number of hydrogen-bond donors (Lipinski definition) is 1. The zero-order chi connectivity index (χ0) is 21.1. The molecule has 1 fully saturated rings. The van der Waals surface area contributed by atoms with Crippen LogP contribution in [0.2, 0.25) is 0 Å². The third-order valence-corrected chi connectivity index (χ3v) is 5.34. The molecule has 2 aliphatic heterocycles. The number of ether oxygens (including phenoxy) is 3. The molecule has 0 aliphatic carbocycles. The highest BCUT2D eigenvalue weighted by Crippen LogP contribution is 2.29. The fourth-order valence-corrected chi connectivity index (χ4v) is 3.66. The largest absolute Gasteiger partial charge is 0.497 e. The van der Waals surface area contributed by atoms with Gasteiger partial charge in [0.1, 0.15) is 23.9 Å². The first kappa shape index (κ1) is 19.8. The van der Waals surface area contributed by atoms with Crippen LogP contribution >= 0.6 is 11.8 Å². The van der Waals surface area contributed by atoms with Crippen LogP contribution in [0.3, 0.4) is 0 Å². The third-order valence-electron chi connectivity index (χ3n) is 4.53. The van der Waals surface area contributed by atoms with Crippen molar-refractivity contribution in [2.24, 2.45) is 0 Å². The minimum atomic E-state index is -0.391. The number of carbonyl (C=O) groups excluding carboxylic acids is 3. The van der Waals surface area contributed by atoms with E-state index in [1.54, 1.807) is 60.6 Å². The highest BCUT2D eigenvalue weighted by molar-refractivity contribution is 8.18. The van der Waals surface area contributed by atoms with Crippen molar-refractivity contribution < 1.29 is 28.6 Å². The van der Waals surface area contributed by atoms with Crippen LogP contribution < -0.4 is 19.5 Å². The van der Waals surface area contributed by atoms with Gasteiger partial charge in [0.25, 0.3) is 17.1 Å². The molecule has 0 saturated carbocycles. The fourth-order valence-electron chi connectivity index (χ4n) is 2.98. The minimum absolute atomic E-state index is 0.136. The predicted octanol–water partition coefficient (Wildman–Crippen LogP) is 2.89. The van der Waals surface area contributed by atoms with Gasteiger partial charge in [0.2, 0.25) is 0 Å². The number of thioether (sulfide) groups is 1.